The van der Waals surface area contributed by atoms with Crippen molar-refractivity contribution in [1.82, 2.24) is 4.90 Å². The molecule has 2 aliphatic heterocycles. The quantitative estimate of drug-likeness (QED) is 0.802. The normalized spacial score (nSPS) is 24.3. The second-order valence-electron chi connectivity index (χ2n) is 6.48. The molecule has 3 atom stereocenters. The van der Waals surface area contributed by atoms with Crippen molar-refractivity contribution in [3.05, 3.63) is 59.7 Å². The molecule has 25 heavy (non-hydrogen) atoms. The number of fused-ring (bicyclic) bond motifs is 3. The van der Waals surface area contributed by atoms with E-state index in [0.29, 0.717) is 6.54 Å². The topological polar surface area (TPSA) is 48.0 Å². The number of benzene rings is 2. The van der Waals surface area contributed by atoms with Crippen LogP contribution in [-0.2, 0) is 16.1 Å². The van der Waals surface area contributed by atoms with Crippen LogP contribution in [0.3, 0.4) is 0 Å². The van der Waals surface area contributed by atoms with Crippen LogP contribution in [-0.4, -0.2) is 37.7 Å². The van der Waals surface area contributed by atoms with Gasteiger partial charge in [0.25, 0.3) is 0 Å². The first-order chi connectivity index (χ1) is 12.2. The molecular formula is C20H21NO4. The first kappa shape index (κ1) is 16.0. The van der Waals surface area contributed by atoms with E-state index in [1.54, 1.807) is 7.11 Å². The van der Waals surface area contributed by atoms with Crippen molar-refractivity contribution in [3.63, 3.8) is 0 Å². The molecule has 2 aliphatic rings. The Hall–Kier alpha value is -2.53. The zero-order valence-corrected chi connectivity index (χ0v) is 14.3. The van der Waals surface area contributed by atoms with Gasteiger partial charge in [-0.2, -0.15) is 0 Å². The fraction of sp³-hybridized carbons (Fsp3) is 0.350. The van der Waals surface area contributed by atoms with Gasteiger partial charge in [-0.15, -0.1) is 0 Å². The van der Waals surface area contributed by atoms with Gasteiger partial charge in [0.15, 0.2) is 0 Å². The Morgan fingerprint density at radius 1 is 1.20 bits per heavy atom. The van der Waals surface area contributed by atoms with Crippen molar-refractivity contribution in [2.24, 2.45) is 5.92 Å². The number of nitrogens with zero attached hydrogens (tertiary/aromatic N) is 1. The Morgan fingerprint density at radius 2 is 2.00 bits per heavy atom. The zero-order chi connectivity index (χ0) is 17.4. The highest BCUT2D eigenvalue weighted by molar-refractivity contribution is 5.74. The van der Waals surface area contributed by atoms with Crippen LogP contribution < -0.4 is 9.47 Å². The van der Waals surface area contributed by atoms with Crippen LogP contribution in [0.1, 0.15) is 17.2 Å². The van der Waals surface area contributed by atoms with Crippen LogP contribution >= 0.6 is 0 Å². The van der Waals surface area contributed by atoms with E-state index in [9.17, 15) is 4.79 Å². The molecule has 0 radical (unpaired) electrons. The van der Waals surface area contributed by atoms with Crippen LogP contribution in [0.4, 0.5) is 0 Å². The molecular weight excluding hydrogens is 318 g/mol. The van der Waals surface area contributed by atoms with E-state index < -0.39 is 0 Å². The summed E-state index contributed by atoms with van der Waals surface area (Å²) >= 11 is 0. The van der Waals surface area contributed by atoms with Gasteiger partial charge in [0.1, 0.15) is 23.5 Å². The van der Waals surface area contributed by atoms with Crippen LogP contribution in [0.5, 0.6) is 11.5 Å². The van der Waals surface area contributed by atoms with Crippen LogP contribution in [0.15, 0.2) is 48.5 Å². The molecule has 4 rings (SSSR count). The number of carbonyl (C=O) groups is 1. The lowest BCUT2D eigenvalue weighted by atomic mass is 9.98. The lowest BCUT2D eigenvalue weighted by molar-refractivity contribution is -0.147. The van der Waals surface area contributed by atoms with Crippen molar-refractivity contribution < 1.29 is 19.0 Å². The molecule has 0 unspecified atom stereocenters. The van der Waals surface area contributed by atoms with Crippen molar-refractivity contribution in [2.75, 3.05) is 20.8 Å². The number of methoxy groups -OCH3 is 2. The van der Waals surface area contributed by atoms with Crippen LogP contribution in [0.25, 0.3) is 0 Å². The lowest BCUT2D eigenvalue weighted by Crippen LogP contribution is -2.30. The summed E-state index contributed by atoms with van der Waals surface area (Å²) < 4.78 is 16.5. The highest BCUT2D eigenvalue weighted by atomic mass is 16.5. The highest BCUT2D eigenvalue weighted by Crippen LogP contribution is 2.49. The molecule has 0 amide bonds. The minimum Gasteiger partial charge on any atom is -0.497 e. The number of hydrogen-bond acceptors (Lipinski definition) is 5. The summed E-state index contributed by atoms with van der Waals surface area (Å²) in [6, 6.07) is 16.1. The standard InChI is InChI=1S/C20H21NO4/c1-23-14-8-9-17-15(10-14)18-19(25-17)16(20(22)24-2)12-21(18)11-13-6-4-3-5-7-13/h3-10,16,18-19H,11-12H2,1-2H3/t16-,18+,19+/m1/s1. The third-order valence-corrected chi connectivity index (χ3v) is 5.06. The first-order valence-electron chi connectivity index (χ1n) is 8.41. The number of rotatable bonds is 4. The lowest BCUT2D eigenvalue weighted by Gasteiger charge is -2.23. The van der Waals surface area contributed by atoms with E-state index in [4.69, 9.17) is 14.2 Å². The Bertz CT molecular complexity index is 777. The number of ether oxygens (including phenoxy) is 3. The zero-order valence-electron chi connectivity index (χ0n) is 14.3. The van der Waals surface area contributed by atoms with Crippen LogP contribution in [0, 0.1) is 5.92 Å². The maximum atomic E-state index is 12.3. The minimum atomic E-state index is -0.294. The van der Waals surface area contributed by atoms with E-state index in [0.717, 1.165) is 23.6 Å². The SMILES string of the molecule is COC(=O)[C@@H]1CN(Cc2ccccc2)[C@H]2c3cc(OC)ccc3O[C@@H]12. The Labute approximate surface area is 147 Å². The van der Waals surface area contributed by atoms with E-state index in [1.807, 2.05) is 36.4 Å². The summed E-state index contributed by atoms with van der Waals surface area (Å²) in [6.07, 6.45) is -0.224. The molecule has 5 nitrogen and oxygen atoms in total. The number of likely N-dealkylation sites (tertiary alicyclic amines) is 1. The van der Waals surface area contributed by atoms with E-state index in [2.05, 4.69) is 17.0 Å². The molecule has 0 aromatic heterocycles. The van der Waals surface area contributed by atoms with Crippen molar-refractivity contribution in [3.8, 4) is 11.5 Å². The summed E-state index contributed by atoms with van der Waals surface area (Å²) in [6.45, 7) is 1.38. The minimum absolute atomic E-state index is 0.0226. The van der Waals surface area contributed by atoms with Gasteiger partial charge in [-0.05, 0) is 23.8 Å². The van der Waals surface area contributed by atoms with Gasteiger partial charge >= 0.3 is 5.97 Å². The summed E-state index contributed by atoms with van der Waals surface area (Å²) in [5.74, 6) is 1.11. The molecule has 1 fully saturated rings. The fourth-order valence-corrected chi connectivity index (χ4v) is 3.90. The Morgan fingerprint density at radius 3 is 2.72 bits per heavy atom. The van der Waals surface area contributed by atoms with Gasteiger partial charge < -0.3 is 14.2 Å². The summed E-state index contributed by atoms with van der Waals surface area (Å²) in [7, 11) is 3.09. The van der Waals surface area contributed by atoms with Crippen LogP contribution in [0.2, 0.25) is 0 Å². The predicted molar refractivity (Wildman–Crippen MR) is 92.5 cm³/mol. The molecule has 0 bridgehead atoms. The number of esters is 1. The maximum absolute atomic E-state index is 12.3. The smallest absolute Gasteiger partial charge is 0.313 e. The van der Waals surface area contributed by atoms with E-state index in [1.165, 1.54) is 12.7 Å². The predicted octanol–water partition coefficient (Wildman–Crippen LogP) is 2.80. The maximum Gasteiger partial charge on any atom is 0.313 e. The largest absolute Gasteiger partial charge is 0.497 e. The van der Waals surface area contributed by atoms with Gasteiger partial charge in [0, 0.05) is 18.7 Å². The molecule has 2 aromatic rings. The van der Waals surface area contributed by atoms with Crippen molar-refractivity contribution in [2.45, 2.75) is 18.7 Å². The Balaban J connectivity index is 1.69. The van der Waals surface area contributed by atoms with E-state index in [-0.39, 0.29) is 24.0 Å². The third-order valence-electron chi connectivity index (χ3n) is 5.06. The molecule has 0 aliphatic carbocycles. The Kier molecular flexibility index (Phi) is 4.09. The van der Waals surface area contributed by atoms with Gasteiger partial charge in [0.2, 0.25) is 0 Å². The third kappa shape index (κ3) is 2.74. The summed E-state index contributed by atoms with van der Waals surface area (Å²) in [5, 5.41) is 0. The molecule has 130 valence electrons. The second-order valence-corrected chi connectivity index (χ2v) is 6.48. The number of hydrogen-bond donors (Lipinski definition) is 0. The second kappa shape index (κ2) is 6.41. The van der Waals surface area contributed by atoms with Crippen molar-refractivity contribution >= 4 is 5.97 Å². The van der Waals surface area contributed by atoms with Gasteiger partial charge in [-0.1, -0.05) is 30.3 Å². The average molecular weight is 339 g/mol. The molecule has 0 N–H and O–H groups in total. The molecule has 1 saturated heterocycles. The number of carbonyl (C=O) groups excluding carboxylic acids is 1. The average Bonchev–Trinajstić information content (AvgIpc) is 3.19. The molecule has 5 heteroatoms. The molecule has 2 heterocycles. The molecule has 0 spiro atoms. The summed E-state index contributed by atoms with van der Waals surface area (Å²) in [5.41, 5.74) is 2.29. The van der Waals surface area contributed by atoms with Gasteiger partial charge in [0.05, 0.1) is 20.3 Å². The highest BCUT2D eigenvalue weighted by Gasteiger charge is 2.52. The van der Waals surface area contributed by atoms with Gasteiger partial charge in [-0.3, -0.25) is 9.69 Å². The first-order valence-corrected chi connectivity index (χ1v) is 8.41. The van der Waals surface area contributed by atoms with Gasteiger partial charge in [-0.25, -0.2) is 0 Å². The summed E-state index contributed by atoms with van der Waals surface area (Å²) in [4.78, 5) is 14.6. The molecule has 0 saturated carbocycles. The van der Waals surface area contributed by atoms with Crippen molar-refractivity contribution in [1.29, 1.82) is 0 Å². The molecule has 2 aromatic carbocycles. The fourth-order valence-electron chi connectivity index (χ4n) is 3.90. The monoisotopic (exact) mass is 339 g/mol. The van der Waals surface area contributed by atoms with E-state index >= 15 is 0 Å².